The maximum absolute atomic E-state index is 5.88. The number of nitrogens with two attached hydrogens (primary N) is 1. The van der Waals surface area contributed by atoms with E-state index in [0.717, 1.165) is 5.69 Å². The van der Waals surface area contributed by atoms with Gasteiger partial charge in [-0.2, -0.15) is 4.98 Å². The van der Waals surface area contributed by atoms with Gasteiger partial charge >= 0.3 is 0 Å². The molecule has 0 radical (unpaired) electrons. The molecule has 2 rings (SSSR count). The first-order chi connectivity index (χ1) is 7.05. The monoisotopic (exact) mass is 208 g/mol. The second kappa shape index (κ2) is 3.43. The van der Waals surface area contributed by atoms with Gasteiger partial charge in [-0.3, -0.25) is 0 Å². The second-order valence-corrected chi connectivity index (χ2v) is 3.87. The fourth-order valence-corrected chi connectivity index (χ4v) is 1.08. The zero-order valence-corrected chi connectivity index (χ0v) is 8.58. The minimum absolute atomic E-state index is 0.430. The van der Waals surface area contributed by atoms with Crippen molar-refractivity contribution in [3.8, 4) is 0 Å². The second-order valence-electron chi connectivity index (χ2n) is 3.87. The highest BCUT2D eigenvalue weighted by Crippen LogP contribution is 2.12. The van der Waals surface area contributed by atoms with E-state index in [1.165, 1.54) is 6.39 Å². The van der Waals surface area contributed by atoms with Gasteiger partial charge in [0.05, 0.1) is 11.7 Å². The van der Waals surface area contributed by atoms with Crippen LogP contribution in [-0.4, -0.2) is 25.1 Å². The van der Waals surface area contributed by atoms with E-state index >= 15 is 0 Å². The first kappa shape index (κ1) is 9.78. The summed E-state index contributed by atoms with van der Waals surface area (Å²) < 4.78 is 6.23. The number of aromatic nitrogens is 5. The van der Waals surface area contributed by atoms with E-state index in [1.54, 1.807) is 10.9 Å². The smallest absolute Gasteiger partial charge is 0.213 e. The van der Waals surface area contributed by atoms with Crippen LogP contribution in [0.3, 0.4) is 0 Å². The van der Waals surface area contributed by atoms with Gasteiger partial charge in [-0.05, 0) is 13.8 Å². The quantitative estimate of drug-likeness (QED) is 0.756. The molecule has 0 bridgehead atoms. The predicted octanol–water partition coefficient (Wildman–Crippen LogP) is -0.0968. The summed E-state index contributed by atoms with van der Waals surface area (Å²) in [6, 6.07) is 0. The van der Waals surface area contributed by atoms with E-state index in [-0.39, 0.29) is 0 Å². The largest absolute Gasteiger partial charge is 0.343 e. The fraction of sp³-hybridized carbons (Fsp3) is 0.500. The van der Waals surface area contributed by atoms with Crippen molar-refractivity contribution in [2.75, 3.05) is 0 Å². The van der Waals surface area contributed by atoms with E-state index in [0.29, 0.717) is 12.4 Å². The molecule has 7 nitrogen and oxygen atoms in total. The van der Waals surface area contributed by atoms with Gasteiger partial charge in [0.2, 0.25) is 6.39 Å². The molecule has 2 heterocycles. The fourth-order valence-electron chi connectivity index (χ4n) is 1.08. The van der Waals surface area contributed by atoms with Crippen molar-refractivity contribution in [1.82, 2.24) is 25.1 Å². The van der Waals surface area contributed by atoms with Crippen LogP contribution in [0.1, 0.15) is 25.4 Å². The summed E-state index contributed by atoms with van der Waals surface area (Å²) in [5.74, 6) is 0.557. The van der Waals surface area contributed by atoms with Crippen LogP contribution in [0.25, 0.3) is 0 Å². The molecule has 2 aromatic rings. The molecule has 0 saturated heterocycles. The molecule has 0 unspecified atom stereocenters. The Hall–Kier alpha value is -1.76. The van der Waals surface area contributed by atoms with Crippen LogP contribution in [0, 0.1) is 0 Å². The van der Waals surface area contributed by atoms with Crippen molar-refractivity contribution >= 4 is 0 Å². The van der Waals surface area contributed by atoms with Gasteiger partial charge in [0, 0.05) is 0 Å². The Labute approximate surface area is 86.3 Å². The summed E-state index contributed by atoms with van der Waals surface area (Å²) in [5.41, 5.74) is 6.12. The molecule has 0 aliphatic heterocycles. The van der Waals surface area contributed by atoms with Gasteiger partial charge in [-0.1, -0.05) is 10.4 Å². The number of rotatable bonds is 3. The summed E-state index contributed by atoms with van der Waals surface area (Å²) >= 11 is 0. The highest BCUT2D eigenvalue weighted by molar-refractivity contribution is 5.05. The van der Waals surface area contributed by atoms with Crippen molar-refractivity contribution in [1.29, 1.82) is 0 Å². The van der Waals surface area contributed by atoms with E-state index in [2.05, 4.69) is 25.0 Å². The van der Waals surface area contributed by atoms with E-state index in [1.807, 2.05) is 13.8 Å². The average molecular weight is 208 g/mol. The van der Waals surface area contributed by atoms with Crippen LogP contribution >= 0.6 is 0 Å². The standard InChI is InChI=1S/C8H12N6O/c1-8(2,9)6-3-14(13-11-6)4-7-10-5-15-12-7/h3,5H,4,9H2,1-2H3. The molecule has 0 saturated carbocycles. The number of nitrogens with zero attached hydrogens (tertiary/aromatic N) is 5. The molecule has 15 heavy (non-hydrogen) atoms. The maximum atomic E-state index is 5.88. The summed E-state index contributed by atoms with van der Waals surface area (Å²) in [4.78, 5) is 3.89. The highest BCUT2D eigenvalue weighted by atomic mass is 16.5. The van der Waals surface area contributed by atoms with Crippen LogP contribution in [0.4, 0.5) is 0 Å². The Kier molecular flexibility index (Phi) is 2.24. The minimum Gasteiger partial charge on any atom is -0.343 e. The summed E-state index contributed by atoms with van der Waals surface area (Å²) in [5, 5.41) is 11.6. The van der Waals surface area contributed by atoms with Crippen molar-refractivity contribution in [2.24, 2.45) is 5.73 Å². The maximum Gasteiger partial charge on any atom is 0.213 e. The van der Waals surface area contributed by atoms with Gasteiger partial charge in [-0.25, -0.2) is 4.68 Å². The number of hydrogen-bond donors (Lipinski definition) is 1. The van der Waals surface area contributed by atoms with Crippen LogP contribution < -0.4 is 5.73 Å². The van der Waals surface area contributed by atoms with Crippen LogP contribution in [0.15, 0.2) is 17.1 Å². The lowest BCUT2D eigenvalue weighted by atomic mass is 10.0. The van der Waals surface area contributed by atoms with Crippen molar-refractivity contribution in [3.63, 3.8) is 0 Å². The molecule has 0 amide bonds. The first-order valence-electron chi connectivity index (χ1n) is 4.50. The summed E-state index contributed by atoms with van der Waals surface area (Å²) in [7, 11) is 0. The molecule has 0 aromatic carbocycles. The molecule has 2 aromatic heterocycles. The Balaban J connectivity index is 2.15. The van der Waals surface area contributed by atoms with Crippen LogP contribution in [-0.2, 0) is 12.1 Å². The molecule has 0 fully saturated rings. The SMILES string of the molecule is CC(C)(N)c1cn(Cc2ncon2)nn1. The third-order valence-corrected chi connectivity index (χ3v) is 1.91. The average Bonchev–Trinajstić information content (AvgIpc) is 2.73. The normalized spacial score (nSPS) is 11.9. The summed E-state index contributed by atoms with van der Waals surface area (Å²) in [6.07, 6.45) is 3.05. The van der Waals surface area contributed by atoms with E-state index < -0.39 is 5.54 Å². The molecular weight excluding hydrogens is 196 g/mol. The third kappa shape index (κ3) is 2.18. The van der Waals surface area contributed by atoms with Gasteiger partial charge in [0.25, 0.3) is 0 Å². The van der Waals surface area contributed by atoms with Gasteiger partial charge in [-0.15, -0.1) is 5.10 Å². The third-order valence-electron chi connectivity index (χ3n) is 1.91. The Morgan fingerprint density at radius 1 is 1.53 bits per heavy atom. The zero-order chi connectivity index (χ0) is 10.9. The molecule has 7 heteroatoms. The van der Waals surface area contributed by atoms with E-state index in [4.69, 9.17) is 5.73 Å². The zero-order valence-electron chi connectivity index (χ0n) is 8.58. The highest BCUT2D eigenvalue weighted by Gasteiger charge is 2.18. The molecule has 0 aliphatic rings. The molecule has 0 atom stereocenters. The van der Waals surface area contributed by atoms with Crippen molar-refractivity contribution in [3.05, 3.63) is 24.1 Å². The van der Waals surface area contributed by atoms with Crippen molar-refractivity contribution < 1.29 is 4.52 Å². The van der Waals surface area contributed by atoms with Crippen molar-refractivity contribution in [2.45, 2.75) is 25.9 Å². The Morgan fingerprint density at radius 2 is 2.33 bits per heavy atom. The van der Waals surface area contributed by atoms with Gasteiger partial charge in [0.15, 0.2) is 5.82 Å². The first-order valence-corrected chi connectivity index (χ1v) is 4.50. The lowest BCUT2D eigenvalue weighted by Gasteiger charge is -2.13. The predicted molar refractivity (Wildman–Crippen MR) is 50.6 cm³/mol. The van der Waals surface area contributed by atoms with E-state index in [9.17, 15) is 0 Å². The molecule has 0 aliphatic carbocycles. The number of hydrogen-bond acceptors (Lipinski definition) is 6. The lowest BCUT2D eigenvalue weighted by Crippen LogP contribution is -2.29. The Morgan fingerprint density at radius 3 is 2.87 bits per heavy atom. The van der Waals surface area contributed by atoms with Crippen LogP contribution in [0.2, 0.25) is 0 Å². The molecule has 80 valence electrons. The van der Waals surface area contributed by atoms with Gasteiger partial charge in [0.1, 0.15) is 12.2 Å². The molecular formula is C8H12N6O. The van der Waals surface area contributed by atoms with Crippen LogP contribution in [0.5, 0.6) is 0 Å². The lowest BCUT2D eigenvalue weighted by molar-refractivity contribution is 0.406. The van der Waals surface area contributed by atoms with Gasteiger partial charge < -0.3 is 10.3 Å². The molecule has 2 N–H and O–H groups in total. The minimum atomic E-state index is -0.491. The topological polar surface area (TPSA) is 95.7 Å². The Bertz CT molecular complexity index is 426. The molecule has 0 spiro atoms. The summed E-state index contributed by atoms with van der Waals surface area (Å²) in [6.45, 7) is 4.17.